The van der Waals surface area contributed by atoms with Crippen LogP contribution in [-0.2, 0) is 24.4 Å². The van der Waals surface area contributed by atoms with E-state index in [1.165, 1.54) is 0 Å². The number of carbonyl (C=O) groups is 1. The molecule has 11 heteroatoms. The number of nitrogens with one attached hydrogen (secondary N) is 1. The highest BCUT2D eigenvalue weighted by molar-refractivity contribution is 8.24. The zero-order valence-corrected chi connectivity index (χ0v) is 23.7. The molecule has 2 aliphatic rings. The summed E-state index contributed by atoms with van der Waals surface area (Å²) in [5.41, 5.74) is 3.48. The first-order valence-corrected chi connectivity index (χ1v) is 15.7. The Morgan fingerprint density at radius 2 is 1.65 bits per heavy atom. The molecule has 40 heavy (non-hydrogen) atoms. The average molecular weight is 585 g/mol. The zero-order chi connectivity index (χ0) is 27.9. The van der Waals surface area contributed by atoms with Gasteiger partial charge in [-0.15, -0.1) is 0 Å². The number of pyridine rings is 1. The predicted octanol–water partition coefficient (Wildman–Crippen LogP) is 3.87. The summed E-state index contributed by atoms with van der Waals surface area (Å²) in [6.45, 7) is 5.76. The minimum absolute atomic E-state index is 0.0940. The Balaban J connectivity index is 1.36. The molecule has 9 nitrogen and oxygen atoms in total. The zero-order valence-electron chi connectivity index (χ0n) is 22.1. The van der Waals surface area contributed by atoms with Crippen molar-refractivity contribution >= 4 is 44.4 Å². The van der Waals surface area contributed by atoms with Gasteiger partial charge in [-0.05, 0) is 41.5 Å². The van der Waals surface area contributed by atoms with Crippen molar-refractivity contribution in [1.82, 2.24) is 19.5 Å². The molecule has 0 spiro atoms. The maximum Gasteiger partial charge on any atom is 0.257 e. The SMILES string of the molecule is O=C(NCc1ccc(Cl)cc1)c1cn2c(CN3CCS(O)(O)CC3)cc3cc(CN4CCOCC4)cc(c1=O)c32. The van der Waals surface area contributed by atoms with Crippen molar-refractivity contribution in [3.63, 3.8) is 0 Å². The molecule has 4 aromatic rings. The van der Waals surface area contributed by atoms with Crippen LogP contribution in [0.3, 0.4) is 0 Å². The minimum atomic E-state index is -2.50. The number of halogens is 1. The lowest BCUT2D eigenvalue weighted by atomic mass is 10.0. The number of hydrogen-bond acceptors (Lipinski definition) is 7. The highest BCUT2D eigenvalue weighted by atomic mass is 35.5. The van der Waals surface area contributed by atoms with Gasteiger partial charge in [0.15, 0.2) is 0 Å². The van der Waals surface area contributed by atoms with Gasteiger partial charge in [0.1, 0.15) is 5.56 Å². The summed E-state index contributed by atoms with van der Waals surface area (Å²) < 4.78 is 27.6. The number of aromatic nitrogens is 1. The molecule has 3 N–H and O–H groups in total. The molecular formula is C29H33ClN4O5S. The number of amides is 1. The first-order valence-electron chi connectivity index (χ1n) is 13.5. The average Bonchev–Trinajstić information content (AvgIpc) is 3.28. The van der Waals surface area contributed by atoms with Gasteiger partial charge in [0.25, 0.3) is 5.91 Å². The van der Waals surface area contributed by atoms with E-state index >= 15 is 0 Å². The Hall–Kier alpha value is -2.70. The molecule has 2 aromatic carbocycles. The van der Waals surface area contributed by atoms with Crippen LogP contribution in [-0.4, -0.2) is 80.1 Å². The fourth-order valence-electron chi connectivity index (χ4n) is 5.57. The van der Waals surface area contributed by atoms with E-state index in [2.05, 4.69) is 27.2 Å². The number of ether oxygens (including phenoxy) is 1. The van der Waals surface area contributed by atoms with E-state index in [9.17, 15) is 18.7 Å². The van der Waals surface area contributed by atoms with Gasteiger partial charge in [0.2, 0.25) is 5.43 Å². The van der Waals surface area contributed by atoms with Gasteiger partial charge in [0, 0.05) is 73.5 Å². The molecule has 0 bridgehead atoms. The van der Waals surface area contributed by atoms with Crippen molar-refractivity contribution in [3.8, 4) is 0 Å². The lowest BCUT2D eigenvalue weighted by molar-refractivity contribution is 0.0342. The largest absolute Gasteiger partial charge is 0.379 e. The minimum Gasteiger partial charge on any atom is -0.379 e. The van der Waals surface area contributed by atoms with Crippen LogP contribution in [0.4, 0.5) is 0 Å². The number of nitrogens with zero attached hydrogens (tertiary/aromatic N) is 3. The van der Waals surface area contributed by atoms with Gasteiger partial charge in [-0.2, -0.15) is 10.6 Å². The molecule has 6 rings (SSSR count). The van der Waals surface area contributed by atoms with Crippen LogP contribution in [0.15, 0.2) is 53.5 Å². The summed E-state index contributed by atoms with van der Waals surface area (Å²) in [5.74, 6) is 0.285. The van der Waals surface area contributed by atoms with Crippen molar-refractivity contribution in [2.75, 3.05) is 50.9 Å². The number of carbonyl (C=O) groups excluding carboxylic acids is 1. The molecule has 212 valence electrons. The van der Waals surface area contributed by atoms with E-state index in [4.69, 9.17) is 16.3 Å². The molecule has 0 saturated carbocycles. The highest BCUT2D eigenvalue weighted by Gasteiger charge is 2.25. The Kier molecular flexibility index (Phi) is 7.75. The van der Waals surface area contributed by atoms with Crippen molar-refractivity contribution in [2.24, 2.45) is 0 Å². The normalized spacial score (nSPS) is 19.3. The molecule has 2 aliphatic heterocycles. The topological polar surface area (TPSA) is 107 Å². The van der Waals surface area contributed by atoms with Crippen LogP contribution in [0.25, 0.3) is 16.3 Å². The molecular weight excluding hydrogens is 552 g/mol. The summed E-state index contributed by atoms with van der Waals surface area (Å²) in [7, 11) is -2.50. The molecule has 2 aromatic heterocycles. The maximum atomic E-state index is 13.8. The van der Waals surface area contributed by atoms with Gasteiger partial charge < -0.3 is 14.5 Å². The van der Waals surface area contributed by atoms with Crippen molar-refractivity contribution in [1.29, 1.82) is 0 Å². The van der Waals surface area contributed by atoms with Crippen molar-refractivity contribution < 1.29 is 18.6 Å². The van der Waals surface area contributed by atoms with E-state index in [1.54, 1.807) is 18.3 Å². The van der Waals surface area contributed by atoms with E-state index in [0.717, 1.165) is 40.8 Å². The van der Waals surface area contributed by atoms with Gasteiger partial charge in [-0.1, -0.05) is 23.7 Å². The third-order valence-electron chi connectivity index (χ3n) is 7.79. The van der Waals surface area contributed by atoms with Crippen molar-refractivity contribution in [2.45, 2.75) is 19.6 Å². The molecule has 2 fully saturated rings. The molecule has 2 saturated heterocycles. The van der Waals surface area contributed by atoms with E-state index < -0.39 is 16.5 Å². The smallest absolute Gasteiger partial charge is 0.257 e. The molecule has 0 atom stereocenters. The van der Waals surface area contributed by atoms with Crippen LogP contribution in [0, 0.1) is 0 Å². The van der Waals surface area contributed by atoms with Crippen LogP contribution < -0.4 is 10.7 Å². The molecule has 0 aliphatic carbocycles. The van der Waals surface area contributed by atoms with Crippen LogP contribution in [0.1, 0.15) is 27.2 Å². The summed E-state index contributed by atoms with van der Waals surface area (Å²) in [6, 6.07) is 13.4. The summed E-state index contributed by atoms with van der Waals surface area (Å²) in [6.07, 6.45) is 1.66. The number of morpholine rings is 1. The maximum absolute atomic E-state index is 13.8. The number of benzene rings is 2. The third-order valence-corrected chi connectivity index (χ3v) is 9.72. The van der Waals surface area contributed by atoms with Crippen LogP contribution in [0.2, 0.25) is 5.02 Å². The second kappa shape index (κ2) is 11.3. The second-order valence-corrected chi connectivity index (χ2v) is 13.5. The monoisotopic (exact) mass is 584 g/mol. The fourth-order valence-corrected chi connectivity index (χ4v) is 7.00. The summed E-state index contributed by atoms with van der Waals surface area (Å²) >= 11 is 5.98. The first kappa shape index (κ1) is 27.5. The molecule has 1 amide bonds. The lowest BCUT2D eigenvalue weighted by Gasteiger charge is -2.40. The number of hydrogen-bond donors (Lipinski definition) is 3. The van der Waals surface area contributed by atoms with Crippen LogP contribution in [0.5, 0.6) is 0 Å². The van der Waals surface area contributed by atoms with Gasteiger partial charge in [-0.25, -0.2) is 0 Å². The predicted molar refractivity (Wildman–Crippen MR) is 159 cm³/mol. The second-order valence-electron chi connectivity index (χ2n) is 10.6. The van der Waals surface area contributed by atoms with Gasteiger partial charge in [-0.3, -0.25) is 28.5 Å². The summed E-state index contributed by atoms with van der Waals surface area (Å²) in [4.78, 5) is 31.6. The lowest BCUT2D eigenvalue weighted by Crippen LogP contribution is -2.38. The van der Waals surface area contributed by atoms with E-state index in [1.807, 2.05) is 22.6 Å². The molecule has 0 radical (unpaired) electrons. The Morgan fingerprint density at radius 1 is 0.950 bits per heavy atom. The quantitative estimate of drug-likeness (QED) is 0.303. The molecule has 0 unspecified atom stereocenters. The summed E-state index contributed by atoms with van der Waals surface area (Å²) in [5, 5.41) is 5.00. The first-order chi connectivity index (χ1) is 19.3. The van der Waals surface area contributed by atoms with Gasteiger partial charge >= 0.3 is 0 Å². The van der Waals surface area contributed by atoms with Gasteiger partial charge in [0.05, 0.1) is 30.2 Å². The Labute approximate surface area is 239 Å². The van der Waals surface area contributed by atoms with Crippen LogP contribution >= 0.6 is 22.2 Å². The Bertz CT molecular complexity index is 1580. The standard InChI is InChI=1S/C29H33ClN4O5S/c30-23-3-1-20(2-4-23)16-31-29(36)26-19-34-24(18-33-7-11-40(37,38)12-8-33)15-22-13-21(14-25(27(22)34)28(26)35)17-32-5-9-39-10-6-32/h1-4,13-15,19,37-38H,5-12,16-18H2,(H,31,36). The molecule has 4 heterocycles. The third kappa shape index (κ3) is 5.84. The fraction of sp³-hybridized carbons (Fsp3) is 0.379. The van der Waals surface area contributed by atoms with Crippen molar-refractivity contribution in [3.05, 3.63) is 86.3 Å². The van der Waals surface area contributed by atoms with E-state index in [-0.39, 0.29) is 17.5 Å². The Morgan fingerprint density at radius 3 is 2.38 bits per heavy atom. The number of rotatable bonds is 7. The van der Waals surface area contributed by atoms with E-state index in [0.29, 0.717) is 61.3 Å². The highest BCUT2D eigenvalue weighted by Crippen LogP contribution is 2.40.